The topological polar surface area (TPSA) is 74.6 Å². The average molecular weight is 196 g/mol. The van der Waals surface area contributed by atoms with Crippen LogP contribution in [0.15, 0.2) is 36.0 Å². The maximum Gasteiger partial charge on any atom is 0.332 e. The molecule has 0 aliphatic carbocycles. The first kappa shape index (κ1) is 12.2. The van der Waals surface area contributed by atoms with Crippen molar-refractivity contribution in [3.05, 3.63) is 36.0 Å². The van der Waals surface area contributed by atoms with Gasteiger partial charge in [0.25, 0.3) is 0 Å². The van der Waals surface area contributed by atoms with Crippen molar-refractivity contribution in [1.29, 1.82) is 0 Å². The number of carboxylic acid groups (broad SMARTS) is 2. The molecule has 0 unspecified atom stereocenters. The highest BCUT2D eigenvalue weighted by molar-refractivity contribution is 5.98. The lowest BCUT2D eigenvalue weighted by atomic mass is 10.1. The van der Waals surface area contributed by atoms with Crippen LogP contribution in [-0.4, -0.2) is 22.2 Å². The summed E-state index contributed by atoms with van der Waals surface area (Å²) >= 11 is 0. The third-order valence-corrected chi connectivity index (χ3v) is 1.63. The van der Waals surface area contributed by atoms with Crippen molar-refractivity contribution < 1.29 is 19.8 Å². The Hall–Kier alpha value is -1.84. The molecule has 0 spiro atoms. The minimum atomic E-state index is -1.21. The van der Waals surface area contributed by atoms with Crippen LogP contribution in [0.2, 0.25) is 0 Å². The van der Waals surface area contributed by atoms with E-state index in [-0.39, 0.29) is 17.6 Å². The molecule has 0 radical (unpaired) electrons. The van der Waals surface area contributed by atoms with Crippen molar-refractivity contribution in [3.8, 4) is 0 Å². The van der Waals surface area contributed by atoms with Crippen molar-refractivity contribution >= 4 is 11.9 Å². The summed E-state index contributed by atoms with van der Waals surface area (Å²) in [5.74, 6) is -2.42. The Bertz CT molecular complexity index is 310. The Kier molecular flexibility index (Phi) is 4.99. The third-order valence-electron chi connectivity index (χ3n) is 1.63. The molecule has 0 aliphatic heterocycles. The highest BCUT2D eigenvalue weighted by atomic mass is 16.4. The van der Waals surface area contributed by atoms with E-state index in [4.69, 9.17) is 10.2 Å². The van der Waals surface area contributed by atoms with Crippen LogP contribution in [0, 0.1) is 0 Å². The molecule has 0 saturated carbocycles. The molecule has 0 aromatic rings. The number of hydrogen-bond acceptors (Lipinski definition) is 2. The molecule has 0 heterocycles. The molecule has 14 heavy (non-hydrogen) atoms. The molecule has 2 N–H and O–H groups in total. The van der Waals surface area contributed by atoms with Crippen LogP contribution >= 0.6 is 0 Å². The van der Waals surface area contributed by atoms with E-state index in [9.17, 15) is 9.59 Å². The second-order valence-electron chi connectivity index (χ2n) is 2.58. The van der Waals surface area contributed by atoms with Crippen molar-refractivity contribution in [2.75, 3.05) is 0 Å². The van der Waals surface area contributed by atoms with Crippen LogP contribution in [0.1, 0.15) is 13.3 Å². The molecule has 0 aromatic carbocycles. The fourth-order valence-electron chi connectivity index (χ4n) is 0.812. The van der Waals surface area contributed by atoms with E-state index in [0.717, 1.165) is 0 Å². The summed E-state index contributed by atoms with van der Waals surface area (Å²) in [5.41, 5.74) is -0.262. The Balaban J connectivity index is 4.86. The summed E-state index contributed by atoms with van der Waals surface area (Å²) in [6, 6.07) is 0. The fourth-order valence-corrected chi connectivity index (χ4v) is 0.812. The van der Waals surface area contributed by atoms with Crippen molar-refractivity contribution in [2.24, 2.45) is 0 Å². The molecule has 0 atom stereocenters. The molecular weight excluding hydrogens is 184 g/mol. The number of hydrogen-bond donors (Lipinski definition) is 2. The number of carboxylic acids is 2. The second kappa shape index (κ2) is 5.75. The first-order valence-electron chi connectivity index (χ1n) is 3.94. The maximum absolute atomic E-state index is 10.7. The van der Waals surface area contributed by atoms with Crippen LogP contribution in [-0.2, 0) is 9.59 Å². The van der Waals surface area contributed by atoms with Gasteiger partial charge in [0.15, 0.2) is 0 Å². The van der Waals surface area contributed by atoms with Crippen molar-refractivity contribution in [3.63, 3.8) is 0 Å². The zero-order valence-electron chi connectivity index (χ0n) is 7.86. The number of carbonyl (C=O) groups is 2. The molecular formula is C10H12O4. The Morgan fingerprint density at radius 1 is 1.29 bits per heavy atom. The van der Waals surface area contributed by atoms with Gasteiger partial charge in [-0.2, -0.15) is 0 Å². The van der Waals surface area contributed by atoms with E-state index in [1.807, 2.05) is 0 Å². The quantitative estimate of drug-likeness (QED) is 0.517. The number of aliphatic carboxylic acids is 2. The van der Waals surface area contributed by atoms with Gasteiger partial charge in [-0.3, -0.25) is 0 Å². The van der Waals surface area contributed by atoms with Crippen molar-refractivity contribution in [1.82, 2.24) is 0 Å². The van der Waals surface area contributed by atoms with Gasteiger partial charge in [0.2, 0.25) is 0 Å². The van der Waals surface area contributed by atoms with Gasteiger partial charge < -0.3 is 10.2 Å². The molecule has 0 rings (SSSR count). The van der Waals surface area contributed by atoms with E-state index in [1.54, 1.807) is 12.2 Å². The predicted octanol–water partition coefficient (Wildman–Crippen LogP) is 1.60. The lowest BCUT2D eigenvalue weighted by molar-refractivity contribution is -0.135. The van der Waals surface area contributed by atoms with Gasteiger partial charge >= 0.3 is 11.9 Å². The molecule has 4 nitrogen and oxygen atoms in total. The summed E-state index contributed by atoms with van der Waals surface area (Å²) in [5, 5.41) is 17.3. The van der Waals surface area contributed by atoms with E-state index in [0.29, 0.717) is 0 Å². The van der Waals surface area contributed by atoms with E-state index in [1.165, 1.54) is 13.0 Å². The fraction of sp³-hybridized carbons (Fsp3) is 0.200. The lowest BCUT2D eigenvalue weighted by Crippen LogP contribution is -2.08. The molecule has 0 aliphatic rings. The summed E-state index contributed by atoms with van der Waals surface area (Å²) in [4.78, 5) is 21.2. The second-order valence-corrected chi connectivity index (χ2v) is 2.58. The van der Waals surface area contributed by atoms with Gasteiger partial charge in [0.05, 0.1) is 5.57 Å². The maximum atomic E-state index is 10.7. The first-order chi connectivity index (χ1) is 6.50. The SMILES string of the molecule is C=C/C=C/C/C(C(=O)O)=C(/C)C(=O)O. The normalized spacial score (nSPS) is 12.4. The van der Waals surface area contributed by atoms with E-state index < -0.39 is 11.9 Å². The molecule has 0 fully saturated rings. The van der Waals surface area contributed by atoms with Crippen LogP contribution in [0.25, 0.3) is 0 Å². The van der Waals surface area contributed by atoms with Gasteiger partial charge in [0, 0.05) is 5.57 Å². The highest BCUT2D eigenvalue weighted by Gasteiger charge is 2.14. The molecule has 4 heteroatoms. The molecule has 0 aromatic heterocycles. The molecule has 0 saturated heterocycles. The van der Waals surface area contributed by atoms with Crippen molar-refractivity contribution in [2.45, 2.75) is 13.3 Å². The molecule has 76 valence electrons. The standard InChI is InChI=1S/C10H12O4/c1-3-4-5-6-8(10(13)14)7(2)9(11)12/h3-5H,1,6H2,2H3,(H,11,12)(H,13,14)/b5-4+,8-7+. The van der Waals surface area contributed by atoms with Gasteiger partial charge in [-0.1, -0.05) is 24.8 Å². The Labute approximate surface area is 81.9 Å². The van der Waals surface area contributed by atoms with Gasteiger partial charge in [-0.15, -0.1) is 0 Å². The third kappa shape index (κ3) is 3.71. The van der Waals surface area contributed by atoms with Crippen LogP contribution < -0.4 is 0 Å². The van der Waals surface area contributed by atoms with Crippen LogP contribution in [0.5, 0.6) is 0 Å². The Morgan fingerprint density at radius 3 is 2.21 bits per heavy atom. The summed E-state index contributed by atoms with van der Waals surface area (Å²) in [6.07, 6.45) is 4.69. The minimum Gasteiger partial charge on any atom is -0.478 e. The first-order valence-corrected chi connectivity index (χ1v) is 3.94. The number of rotatable bonds is 5. The summed E-state index contributed by atoms with van der Waals surface area (Å²) in [7, 11) is 0. The van der Waals surface area contributed by atoms with E-state index in [2.05, 4.69) is 6.58 Å². The predicted molar refractivity (Wildman–Crippen MR) is 51.9 cm³/mol. The molecule has 0 amide bonds. The highest BCUT2D eigenvalue weighted by Crippen LogP contribution is 2.10. The van der Waals surface area contributed by atoms with Gasteiger partial charge in [-0.25, -0.2) is 9.59 Å². The van der Waals surface area contributed by atoms with Gasteiger partial charge in [-0.05, 0) is 13.3 Å². The number of allylic oxidation sites excluding steroid dienone is 3. The lowest BCUT2D eigenvalue weighted by Gasteiger charge is -2.00. The monoisotopic (exact) mass is 196 g/mol. The smallest absolute Gasteiger partial charge is 0.332 e. The van der Waals surface area contributed by atoms with E-state index >= 15 is 0 Å². The summed E-state index contributed by atoms with van der Waals surface area (Å²) < 4.78 is 0. The van der Waals surface area contributed by atoms with Crippen LogP contribution in [0.3, 0.4) is 0 Å². The minimum absolute atomic E-state index is 0.0828. The van der Waals surface area contributed by atoms with Crippen LogP contribution in [0.4, 0.5) is 0 Å². The van der Waals surface area contributed by atoms with Gasteiger partial charge in [0.1, 0.15) is 0 Å². The zero-order chi connectivity index (χ0) is 11.1. The zero-order valence-corrected chi connectivity index (χ0v) is 7.86. The Morgan fingerprint density at radius 2 is 1.86 bits per heavy atom. The average Bonchev–Trinajstić information content (AvgIpc) is 2.10. The largest absolute Gasteiger partial charge is 0.478 e. The summed E-state index contributed by atoms with van der Waals surface area (Å²) in [6.45, 7) is 4.69. The molecule has 0 bridgehead atoms.